The van der Waals surface area contributed by atoms with Crippen molar-refractivity contribution in [3.63, 3.8) is 0 Å². The Kier molecular flexibility index (Phi) is 6.49. The Bertz CT molecular complexity index is 721. The fourth-order valence-electron chi connectivity index (χ4n) is 2.74. The van der Waals surface area contributed by atoms with Gasteiger partial charge in [0.15, 0.2) is 17.5 Å². The Labute approximate surface area is 149 Å². The summed E-state index contributed by atoms with van der Waals surface area (Å²) in [6.45, 7) is 1.77. The minimum absolute atomic E-state index is 0.263. The highest BCUT2D eigenvalue weighted by molar-refractivity contribution is 7.88. The van der Waals surface area contributed by atoms with Gasteiger partial charge in [-0.3, -0.25) is 4.99 Å². The van der Waals surface area contributed by atoms with Gasteiger partial charge in [0.1, 0.15) is 0 Å². The van der Waals surface area contributed by atoms with Crippen LogP contribution in [-0.4, -0.2) is 65.8 Å². The number of nitrogens with one attached hydrogen (secondary N) is 2. The normalized spacial score (nSPS) is 18.9. The summed E-state index contributed by atoms with van der Waals surface area (Å²) < 4.78 is 35.2. The summed E-state index contributed by atoms with van der Waals surface area (Å²) in [7, 11) is 1.76. The second-order valence-electron chi connectivity index (χ2n) is 5.92. The van der Waals surface area contributed by atoms with Crippen molar-refractivity contribution >= 4 is 21.7 Å². The summed E-state index contributed by atoms with van der Waals surface area (Å²) >= 11 is 0. The molecule has 0 aromatic heterocycles. The van der Waals surface area contributed by atoms with Gasteiger partial charge in [0.05, 0.1) is 20.5 Å². The van der Waals surface area contributed by atoms with Gasteiger partial charge in [0, 0.05) is 38.4 Å². The Morgan fingerprint density at radius 2 is 2.04 bits per heavy atom. The summed E-state index contributed by atoms with van der Waals surface area (Å²) in [6.07, 6.45) is 2.09. The molecule has 0 saturated carbocycles. The standard InChI is InChI=1S/C16H26N4O4S/c1-17-16(18-10-12-7-8-20(11-12)25(4,21)22)19-13-5-6-14(23-2)15(9-13)24-3/h5-6,9,12H,7-8,10-11H2,1-4H3,(H2,17,18,19). The fourth-order valence-corrected chi connectivity index (χ4v) is 3.65. The van der Waals surface area contributed by atoms with Gasteiger partial charge in [-0.1, -0.05) is 0 Å². The van der Waals surface area contributed by atoms with Gasteiger partial charge < -0.3 is 20.1 Å². The molecule has 9 heteroatoms. The SMILES string of the molecule is CN=C(NCC1CCN(S(C)(=O)=O)C1)Nc1ccc(OC)c(OC)c1. The summed E-state index contributed by atoms with van der Waals surface area (Å²) in [5.41, 5.74) is 0.815. The second kappa shape index (κ2) is 8.39. The van der Waals surface area contributed by atoms with E-state index < -0.39 is 10.0 Å². The molecular formula is C16H26N4O4S. The van der Waals surface area contributed by atoms with E-state index >= 15 is 0 Å². The number of benzene rings is 1. The van der Waals surface area contributed by atoms with Crippen LogP contribution in [0.5, 0.6) is 11.5 Å². The molecule has 8 nitrogen and oxygen atoms in total. The quantitative estimate of drug-likeness (QED) is 0.573. The molecule has 0 radical (unpaired) electrons. The highest BCUT2D eigenvalue weighted by atomic mass is 32.2. The van der Waals surface area contributed by atoms with Gasteiger partial charge in [0.25, 0.3) is 0 Å². The number of hydrogen-bond acceptors (Lipinski definition) is 5. The van der Waals surface area contributed by atoms with E-state index in [-0.39, 0.29) is 5.92 Å². The molecule has 1 atom stereocenters. The molecule has 1 aliphatic rings. The molecule has 140 valence electrons. The molecule has 0 aliphatic carbocycles. The minimum atomic E-state index is -3.11. The summed E-state index contributed by atoms with van der Waals surface area (Å²) in [5, 5.41) is 6.43. The van der Waals surface area contributed by atoms with Crippen molar-refractivity contribution in [2.45, 2.75) is 6.42 Å². The van der Waals surface area contributed by atoms with E-state index in [1.165, 1.54) is 10.6 Å². The van der Waals surface area contributed by atoms with Gasteiger partial charge in [0.2, 0.25) is 10.0 Å². The molecule has 0 spiro atoms. The van der Waals surface area contributed by atoms with Crippen molar-refractivity contribution in [2.24, 2.45) is 10.9 Å². The third-order valence-electron chi connectivity index (χ3n) is 4.15. The van der Waals surface area contributed by atoms with Crippen LogP contribution in [0.15, 0.2) is 23.2 Å². The Morgan fingerprint density at radius 1 is 1.32 bits per heavy atom. The predicted octanol–water partition coefficient (Wildman–Crippen LogP) is 0.973. The van der Waals surface area contributed by atoms with Crippen LogP contribution in [0.2, 0.25) is 0 Å². The highest BCUT2D eigenvalue weighted by Crippen LogP contribution is 2.29. The second-order valence-corrected chi connectivity index (χ2v) is 7.91. The number of hydrogen-bond donors (Lipinski definition) is 2. The van der Waals surface area contributed by atoms with Crippen LogP contribution in [0.1, 0.15) is 6.42 Å². The summed E-state index contributed by atoms with van der Waals surface area (Å²) in [6, 6.07) is 5.51. The van der Waals surface area contributed by atoms with E-state index in [1.54, 1.807) is 21.3 Å². The number of nitrogens with zero attached hydrogens (tertiary/aromatic N) is 2. The van der Waals surface area contributed by atoms with Gasteiger partial charge in [-0.15, -0.1) is 0 Å². The van der Waals surface area contributed by atoms with Crippen LogP contribution in [0.25, 0.3) is 0 Å². The zero-order chi connectivity index (χ0) is 18.4. The Morgan fingerprint density at radius 3 is 2.60 bits per heavy atom. The zero-order valence-corrected chi connectivity index (χ0v) is 15.9. The number of methoxy groups -OCH3 is 2. The zero-order valence-electron chi connectivity index (χ0n) is 15.1. The lowest BCUT2D eigenvalue weighted by Gasteiger charge is -2.17. The molecule has 1 fully saturated rings. The average Bonchev–Trinajstić information content (AvgIpc) is 3.07. The molecule has 1 aromatic carbocycles. The molecule has 1 heterocycles. The van der Waals surface area contributed by atoms with Crippen LogP contribution in [0.4, 0.5) is 5.69 Å². The smallest absolute Gasteiger partial charge is 0.211 e. The highest BCUT2D eigenvalue weighted by Gasteiger charge is 2.28. The van der Waals surface area contributed by atoms with Crippen LogP contribution >= 0.6 is 0 Å². The molecule has 25 heavy (non-hydrogen) atoms. The first-order valence-corrected chi connectivity index (χ1v) is 9.87. The number of guanidine groups is 1. The number of anilines is 1. The monoisotopic (exact) mass is 370 g/mol. The average molecular weight is 370 g/mol. The Hall–Kier alpha value is -2.00. The van der Waals surface area contributed by atoms with Crippen molar-refractivity contribution in [1.82, 2.24) is 9.62 Å². The lowest BCUT2D eigenvalue weighted by atomic mass is 10.1. The van der Waals surface area contributed by atoms with Crippen molar-refractivity contribution in [3.05, 3.63) is 18.2 Å². The van der Waals surface area contributed by atoms with E-state index in [1.807, 2.05) is 18.2 Å². The maximum absolute atomic E-state index is 11.6. The van der Waals surface area contributed by atoms with Crippen molar-refractivity contribution in [3.8, 4) is 11.5 Å². The lowest BCUT2D eigenvalue weighted by molar-refractivity contribution is 0.355. The van der Waals surface area contributed by atoms with Gasteiger partial charge in [-0.05, 0) is 24.5 Å². The largest absolute Gasteiger partial charge is 0.493 e. The molecule has 0 bridgehead atoms. The van der Waals surface area contributed by atoms with Crippen molar-refractivity contribution in [2.75, 3.05) is 52.5 Å². The topological polar surface area (TPSA) is 92.3 Å². The van der Waals surface area contributed by atoms with Crippen LogP contribution in [0.3, 0.4) is 0 Å². The first-order valence-electron chi connectivity index (χ1n) is 8.02. The number of rotatable bonds is 6. The molecule has 2 N–H and O–H groups in total. The molecule has 1 aromatic rings. The number of ether oxygens (including phenoxy) is 2. The first kappa shape index (κ1) is 19.3. The number of aliphatic imine (C=N–C) groups is 1. The van der Waals surface area contributed by atoms with Gasteiger partial charge >= 0.3 is 0 Å². The Balaban J connectivity index is 1.91. The first-order chi connectivity index (χ1) is 11.9. The van der Waals surface area contributed by atoms with Crippen molar-refractivity contribution in [1.29, 1.82) is 0 Å². The maximum atomic E-state index is 11.6. The van der Waals surface area contributed by atoms with Crippen LogP contribution in [-0.2, 0) is 10.0 Å². The minimum Gasteiger partial charge on any atom is -0.493 e. The van der Waals surface area contributed by atoms with Crippen LogP contribution < -0.4 is 20.1 Å². The van der Waals surface area contributed by atoms with E-state index in [2.05, 4.69) is 15.6 Å². The molecule has 2 rings (SSSR count). The van der Waals surface area contributed by atoms with Gasteiger partial charge in [-0.2, -0.15) is 0 Å². The fraction of sp³-hybridized carbons (Fsp3) is 0.562. The van der Waals surface area contributed by atoms with Crippen LogP contribution in [0, 0.1) is 5.92 Å². The van der Waals surface area contributed by atoms with Crippen molar-refractivity contribution < 1.29 is 17.9 Å². The third-order valence-corrected chi connectivity index (χ3v) is 5.42. The lowest BCUT2D eigenvalue weighted by Crippen LogP contribution is -2.36. The molecule has 1 aliphatic heterocycles. The third kappa shape index (κ3) is 5.23. The summed E-state index contributed by atoms with van der Waals surface area (Å²) in [5.74, 6) is 2.16. The number of sulfonamides is 1. The maximum Gasteiger partial charge on any atom is 0.211 e. The van der Waals surface area contributed by atoms with E-state index in [0.717, 1.165) is 12.1 Å². The molecule has 0 amide bonds. The predicted molar refractivity (Wildman–Crippen MR) is 99.1 cm³/mol. The molecular weight excluding hydrogens is 344 g/mol. The van der Waals surface area contributed by atoms with E-state index in [9.17, 15) is 8.42 Å². The van der Waals surface area contributed by atoms with Gasteiger partial charge in [-0.25, -0.2) is 12.7 Å². The van der Waals surface area contributed by atoms with E-state index in [4.69, 9.17) is 9.47 Å². The summed E-state index contributed by atoms with van der Waals surface area (Å²) in [4.78, 5) is 4.20. The van der Waals surface area contributed by atoms with E-state index in [0.29, 0.717) is 37.1 Å². The molecule has 1 saturated heterocycles. The molecule has 1 unspecified atom stereocenters.